The number of hydrogen-bond donors (Lipinski definition) is 5. The third kappa shape index (κ3) is 18.3. The average Bonchev–Trinajstić information content (AvgIpc) is 2.65. The standard InChI is InChI=1S/C18H41N5.2ClH.Mn/c1-3-5-7-17-15-21-12-11-19-9-10-20-13-14-22-18(16-23-17)8-6-4-2;;;/h17-23H,3-16H2,1-2H3;2*1H;/q;;;+2/p-2/t17-,18+;;;/m0.../s1. The minimum atomic E-state index is 0.00694. The topological polar surface area (TPSA) is 60.1 Å². The van der Waals surface area contributed by atoms with Gasteiger partial charge in [-0.3, -0.25) is 0 Å². The first-order valence-electron chi connectivity index (χ1n) is 10.2. The summed E-state index contributed by atoms with van der Waals surface area (Å²) in [6, 6.07) is 1.20. The van der Waals surface area contributed by atoms with Gasteiger partial charge in [-0.2, -0.15) is 0 Å². The molecule has 0 unspecified atom stereocenters. The van der Waals surface area contributed by atoms with E-state index in [2.05, 4.69) is 40.4 Å². The molecule has 1 saturated heterocycles. The summed E-state index contributed by atoms with van der Waals surface area (Å²) < 4.78 is 0. The summed E-state index contributed by atoms with van der Waals surface area (Å²) in [5.41, 5.74) is 0. The van der Waals surface area contributed by atoms with Gasteiger partial charge in [-0.1, -0.05) is 39.5 Å². The number of halogens is 2. The molecule has 1 heterocycles. The van der Waals surface area contributed by atoms with Crippen LogP contribution in [-0.2, 0) is 13.1 Å². The van der Waals surface area contributed by atoms with Gasteiger partial charge in [0, 0.05) is 64.4 Å². The van der Waals surface area contributed by atoms with Gasteiger partial charge in [0.2, 0.25) is 0 Å². The monoisotopic (exact) mass is 452 g/mol. The fraction of sp³-hybridized carbons (Fsp3) is 1.00. The van der Waals surface area contributed by atoms with Gasteiger partial charge in [0.1, 0.15) is 0 Å². The molecule has 0 radical (unpaired) electrons. The molecule has 0 aromatic heterocycles. The maximum atomic E-state index is 4.80. The van der Waals surface area contributed by atoms with E-state index >= 15 is 0 Å². The predicted octanol–water partition coefficient (Wildman–Crippen LogP) is 2.44. The first-order valence-corrected chi connectivity index (χ1v) is 13.5. The Kier molecular flexibility index (Phi) is 23.0. The van der Waals surface area contributed by atoms with E-state index in [4.69, 9.17) is 20.2 Å². The summed E-state index contributed by atoms with van der Waals surface area (Å²) in [7, 11) is 9.59. The quantitative estimate of drug-likeness (QED) is 0.400. The van der Waals surface area contributed by atoms with Gasteiger partial charge in [0.25, 0.3) is 0 Å². The number of hydrogen-bond acceptors (Lipinski definition) is 5. The summed E-state index contributed by atoms with van der Waals surface area (Å²) in [4.78, 5) is 0. The van der Waals surface area contributed by atoms with Crippen molar-refractivity contribution in [3.63, 3.8) is 0 Å². The minimum absolute atomic E-state index is 0.00694. The van der Waals surface area contributed by atoms with Gasteiger partial charge >= 0.3 is 33.3 Å². The summed E-state index contributed by atoms with van der Waals surface area (Å²) in [6.45, 7) is 13.1. The van der Waals surface area contributed by atoms with Gasteiger partial charge in [0.15, 0.2) is 0 Å². The van der Waals surface area contributed by atoms with E-state index in [1.807, 2.05) is 0 Å². The maximum absolute atomic E-state index is 4.80. The Morgan fingerprint density at radius 2 is 1.15 bits per heavy atom. The Hall–Kier alpha value is 0.899. The number of nitrogens with one attached hydrogen (secondary N) is 5. The van der Waals surface area contributed by atoms with Gasteiger partial charge in [-0.25, -0.2) is 0 Å². The van der Waals surface area contributed by atoms with E-state index in [1.54, 1.807) is 0 Å². The van der Waals surface area contributed by atoms with Crippen molar-refractivity contribution in [2.24, 2.45) is 0 Å². The fourth-order valence-electron chi connectivity index (χ4n) is 3.01. The molecule has 0 amide bonds. The Labute approximate surface area is 176 Å². The van der Waals surface area contributed by atoms with E-state index in [1.165, 1.54) is 38.5 Å². The molecule has 159 valence electrons. The van der Waals surface area contributed by atoms with Crippen molar-refractivity contribution in [1.29, 1.82) is 0 Å². The van der Waals surface area contributed by atoms with E-state index in [0.717, 1.165) is 52.4 Å². The first kappa shape index (κ1) is 26.9. The van der Waals surface area contributed by atoms with Gasteiger partial charge in [-0.15, -0.1) is 0 Å². The Morgan fingerprint density at radius 1 is 0.692 bits per heavy atom. The molecule has 1 aliphatic heterocycles. The molecular weight excluding hydrogens is 412 g/mol. The third-order valence-corrected chi connectivity index (χ3v) is 4.55. The second-order valence-corrected chi connectivity index (χ2v) is 8.75. The van der Waals surface area contributed by atoms with E-state index in [0.29, 0.717) is 12.1 Å². The molecule has 1 rings (SSSR count). The van der Waals surface area contributed by atoms with Crippen LogP contribution < -0.4 is 26.6 Å². The molecule has 0 aromatic rings. The van der Waals surface area contributed by atoms with Gasteiger partial charge in [-0.05, 0) is 12.8 Å². The van der Waals surface area contributed by atoms with Crippen molar-refractivity contribution in [2.45, 2.75) is 64.5 Å². The third-order valence-electron chi connectivity index (χ3n) is 4.55. The summed E-state index contributed by atoms with van der Waals surface area (Å²) in [5.74, 6) is 0. The van der Waals surface area contributed by atoms with Crippen molar-refractivity contribution in [3.8, 4) is 0 Å². The van der Waals surface area contributed by atoms with Crippen molar-refractivity contribution < 1.29 is 13.1 Å². The van der Waals surface area contributed by atoms with Crippen molar-refractivity contribution >= 4 is 20.2 Å². The summed E-state index contributed by atoms with van der Waals surface area (Å²) in [6.07, 6.45) is 7.74. The molecule has 2 atom stereocenters. The molecule has 0 bridgehead atoms. The Balaban J connectivity index is 0.00000194. The molecule has 0 saturated carbocycles. The van der Waals surface area contributed by atoms with Gasteiger partial charge < -0.3 is 26.6 Å². The molecule has 0 spiro atoms. The SMILES string of the molecule is CCCC[C@@H]1CN[C@@H](CCCC)CNCCNCCNCCN1.[Cl][Mn][Cl]. The number of unbranched alkanes of at least 4 members (excludes halogenated alkanes) is 2. The molecule has 1 aliphatic rings. The van der Waals surface area contributed by atoms with Crippen LogP contribution >= 0.6 is 20.2 Å². The van der Waals surface area contributed by atoms with Crippen LogP contribution in [0.5, 0.6) is 0 Å². The Bertz CT molecular complexity index is 254. The van der Waals surface area contributed by atoms with Crippen LogP contribution in [-0.4, -0.2) is 64.4 Å². The summed E-state index contributed by atoms with van der Waals surface area (Å²) in [5, 5.41) is 18.1. The molecule has 5 N–H and O–H groups in total. The normalized spacial score (nSPS) is 24.0. The second-order valence-electron chi connectivity index (χ2n) is 6.80. The van der Waals surface area contributed by atoms with Crippen LogP contribution in [0.25, 0.3) is 0 Å². The Morgan fingerprint density at radius 3 is 1.69 bits per heavy atom. The predicted molar refractivity (Wildman–Crippen MR) is 113 cm³/mol. The molecule has 26 heavy (non-hydrogen) atoms. The fourth-order valence-corrected chi connectivity index (χ4v) is 3.01. The van der Waals surface area contributed by atoms with Crippen LogP contribution in [0, 0.1) is 0 Å². The first-order chi connectivity index (χ1) is 12.8. The second kappa shape index (κ2) is 22.2. The van der Waals surface area contributed by atoms with Gasteiger partial charge in [0.05, 0.1) is 0 Å². The molecule has 1 fully saturated rings. The van der Waals surface area contributed by atoms with Crippen LogP contribution in [0.1, 0.15) is 52.4 Å². The molecule has 0 aromatic carbocycles. The van der Waals surface area contributed by atoms with Crippen molar-refractivity contribution in [1.82, 2.24) is 26.6 Å². The molecular formula is C18H41Cl2MnN5. The van der Waals surface area contributed by atoms with Crippen LogP contribution in [0.3, 0.4) is 0 Å². The van der Waals surface area contributed by atoms with E-state index < -0.39 is 0 Å². The zero-order valence-electron chi connectivity index (χ0n) is 16.7. The van der Waals surface area contributed by atoms with Crippen LogP contribution in [0.15, 0.2) is 0 Å². The van der Waals surface area contributed by atoms with E-state index in [9.17, 15) is 0 Å². The zero-order chi connectivity index (χ0) is 19.3. The van der Waals surface area contributed by atoms with Crippen LogP contribution in [0.2, 0.25) is 0 Å². The van der Waals surface area contributed by atoms with Crippen molar-refractivity contribution in [3.05, 3.63) is 0 Å². The van der Waals surface area contributed by atoms with E-state index in [-0.39, 0.29) is 13.1 Å². The molecule has 5 nitrogen and oxygen atoms in total. The zero-order valence-corrected chi connectivity index (χ0v) is 19.4. The molecule has 8 heteroatoms. The van der Waals surface area contributed by atoms with Crippen LogP contribution in [0.4, 0.5) is 0 Å². The van der Waals surface area contributed by atoms with Crippen molar-refractivity contribution in [2.75, 3.05) is 52.4 Å². The number of rotatable bonds is 6. The average molecular weight is 453 g/mol. The summed E-state index contributed by atoms with van der Waals surface area (Å²) >= 11 is 0.00694. The molecule has 0 aliphatic carbocycles.